The van der Waals surface area contributed by atoms with Crippen molar-refractivity contribution >= 4 is 12.5 Å². The predicted molar refractivity (Wildman–Crippen MR) is 49.3 cm³/mol. The average Bonchev–Trinajstić information content (AvgIpc) is 1.82. The van der Waals surface area contributed by atoms with Gasteiger partial charge in [0.15, 0.2) is 0 Å². The SMILES string of the molecule is CC(C)N(C=O)C(=O)OC(C)(C)C. The Hall–Kier alpha value is -1.06. The van der Waals surface area contributed by atoms with Crippen LogP contribution in [0.5, 0.6) is 0 Å². The van der Waals surface area contributed by atoms with E-state index in [1.807, 2.05) is 0 Å². The van der Waals surface area contributed by atoms with Gasteiger partial charge in [-0.15, -0.1) is 0 Å². The third-order valence-corrected chi connectivity index (χ3v) is 1.27. The van der Waals surface area contributed by atoms with Gasteiger partial charge in [-0.2, -0.15) is 0 Å². The van der Waals surface area contributed by atoms with Crippen LogP contribution in [0.4, 0.5) is 4.79 Å². The van der Waals surface area contributed by atoms with Gasteiger partial charge in [-0.25, -0.2) is 9.69 Å². The van der Waals surface area contributed by atoms with E-state index >= 15 is 0 Å². The topological polar surface area (TPSA) is 46.6 Å². The molecule has 4 nitrogen and oxygen atoms in total. The lowest BCUT2D eigenvalue weighted by Crippen LogP contribution is -2.39. The van der Waals surface area contributed by atoms with E-state index in [1.54, 1.807) is 34.6 Å². The number of nitrogens with zero attached hydrogens (tertiary/aromatic N) is 1. The van der Waals surface area contributed by atoms with E-state index in [4.69, 9.17) is 4.74 Å². The molecular formula is C9H17NO3. The van der Waals surface area contributed by atoms with Crippen molar-refractivity contribution in [1.29, 1.82) is 0 Å². The first kappa shape index (κ1) is 11.9. The molecule has 0 heterocycles. The molecule has 76 valence electrons. The molecule has 0 spiro atoms. The van der Waals surface area contributed by atoms with Crippen LogP contribution in [0.25, 0.3) is 0 Å². The summed E-state index contributed by atoms with van der Waals surface area (Å²) in [7, 11) is 0. The minimum Gasteiger partial charge on any atom is -0.443 e. The molecule has 0 unspecified atom stereocenters. The number of imide groups is 1. The van der Waals surface area contributed by atoms with Crippen molar-refractivity contribution in [2.75, 3.05) is 0 Å². The molecule has 0 aromatic rings. The molecular weight excluding hydrogens is 170 g/mol. The van der Waals surface area contributed by atoms with E-state index in [2.05, 4.69) is 0 Å². The summed E-state index contributed by atoms with van der Waals surface area (Å²) in [6.45, 7) is 8.77. The van der Waals surface area contributed by atoms with Crippen LogP contribution in [0.2, 0.25) is 0 Å². The average molecular weight is 187 g/mol. The highest BCUT2D eigenvalue weighted by atomic mass is 16.6. The number of hydrogen-bond donors (Lipinski definition) is 0. The third-order valence-electron chi connectivity index (χ3n) is 1.27. The molecule has 2 amide bonds. The van der Waals surface area contributed by atoms with E-state index < -0.39 is 11.7 Å². The van der Waals surface area contributed by atoms with E-state index in [0.717, 1.165) is 4.90 Å². The third kappa shape index (κ3) is 4.50. The molecule has 0 bridgehead atoms. The maximum absolute atomic E-state index is 11.3. The summed E-state index contributed by atoms with van der Waals surface area (Å²) >= 11 is 0. The van der Waals surface area contributed by atoms with Gasteiger partial charge in [0.25, 0.3) is 0 Å². The number of amides is 2. The highest BCUT2D eigenvalue weighted by Gasteiger charge is 2.23. The quantitative estimate of drug-likeness (QED) is 0.619. The van der Waals surface area contributed by atoms with Crippen LogP contribution in [-0.4, -0.2) is 29.0 Å². The van der Waals surface area contributed by atoms with Crippen molar-refractivity contribution in [2.24, 2.45) is 0 Å². The van der Waals surface area contributed by atoms with Crippen molar-refractivity contribution in [3.05, 3.63) is 0 Å². The summed E-state index contributed by atoms with van der Waals surface area (Å²) < 4.78 is 5.01. The molecule has 0 aromatic heterocycles. The molecule has 0 radical (unpaired) electrons. The van der Waals surface area contributed by atoms with E-state index in [-0.39, 0.29) is 6.04 Å². The molecule has 0 N–H and O–H groups in total. The Bertz CT molecular complexity index is 194. The summed E-state index contributed by atoms with van der Waals surface area (Å²) in [6.07, 6.45) is -0.115. The van der Waals surface area contributed by atoms with Gasteiger partial charge in [-0.1, -0.05) is 0 Å². The Morgan fingerprint density at radius 3 is 2.08 bits per heavy atom. The van der Waals surface area contributed by atoms with Gasteiger partial charge in [-0.3, -0.25) is 4.79 Å². The first-order valence-electron chi connectivity index (χ1n) is 4.24. The Labute approximate surface area is 78.9 Å². The van der Waals surface area contributed by atoms with Gasteiger partial charge in [0, 0.05) is 6.04 Å². The first-order chi connectivity index (χ1) is 5.78. The van der Waals surface area contributed by atoms with Crippen LogP contribution >= 0.6 is 0 Å². The monoisotopic (exact) mass is 187 g/mol. The van der Waals surface area contributed by atoms with E-state index in [1.165, 1.54) is 0 Å². The lowest BCUT2D eigenvalue weighted by Gasteiger charge is -2.25. The zero-order chi connectivity index (χ0) is 10.6. The number of ether oxygens (including phenoxy) is 1. The van der Waals surface area contributed by atoms with E-state index in [0.29, 0.717) is 6.41 Å². The van der Waals surface area contributed by atoms with E-state index in [9.17, 15) is 9.59 Å². The Morgan fingerprint density at radius 1 is 1.38 bits per heavy atom. The lowest BCUT2D eigenvalue weighted by molar-refractivity contribution is -0.118. The summed E-state index contributed by atoms with van der Waals surface area (Å²) in [4.78, 5) is 22.8. The molecule has 0 aromatic carbocycles. The molecule has 0 saturated heterocycles. The fourth-order valence-corrected chi connectivity index (χ4v) is 0.690. The molecule has 0 saturated carbocycles. The zero-order valence-electron chi connectivity index (χ0n) is 8.83. The van der Waals surface area contributed by atoms with Gasteiger partial charge < -0.3 is 4.74 Å². The number of rotatable bonds is 2. The Kier molecular flexibility index (Phi) is 3.91. The highest BCUT2D eigenvalue weighted by molar-refractivity contribution is 5.80. The Morgan fingerprint density at radius 2 is 1.85 bits per heavy atom. The lowest BCUT2D eigenvalue weighted by atomic mass is 10.2. The van der Waals surface area contributed by atoms with Gasteiger partial charge in [0.1, 0.15) is 5.60 Å². The van der Waals surface area contributed by atoms with Crippen LogP contribution < -0.4 is 0 Å². The van der Waals surface area contributed by atoms with Gasteiger partial charge in [0.05, 0.1) is 0 Å². The summed E-state index contributed by atoms with van der Waals surface area (Å²) in [5, 5.41) is 0. The molecule has 0 rings (SSSR count). The minimum atomic E-state index is -0.600. The summed E-state index contributed by atoms with van der Waals surface area (Å²) in [5.74, 6) is 0. The smallest absolute Gasteiger partial charge is 0.417 e. The van der Waals surface area contributed by atoms with Crippen molar-refractivity contribution < 1.29 is 14.3 Å². The van der Waals surface area contributed by atoms with Crippen LogP contribution in [-0.2, 0) is 9.53 Å². The van der Waals surface area contributed by atoms with Gasteiger partial charge in [0.2, 0.25) is 6.41 Å². The Balaban J connectivity index is 4.32. The maximum Gasteiger partial charge on any atom is 0.417 e. The number of carbonyl (C=O) groups excluding carboxylic acids is 2. The van der Waals surface area contributed by atoms with Crippen molar-refractivity contribution in [1.82, 2.24) is 4.90 Å². The zero-order valence-corrected chi connectivity index (χ0v) is 8.83. The van der Waals surface area contributed by atoms with Crippen molar-refractivity contribution in [3.8, 4) is 0 Å². The van der Waals surface area contributed by atoms with Crippen LogP contribution in [0, 0.1) is 0 Å². The minimum absolute atomic E-state index is 0.174. The summed E-state index contributed by atoms with van der Waals surface area (Å²) in [5.41, 5.74) is -0.562. The molecule has 0 aliphatic heterocycles. The first-order valence-corrected chi connectivity index (χ1v) is 4.24. The molecule has 0 aliphatic rings. The molecule has 0 fully saturated rings. The second-order valence-corrected chi connectivity index (χ2v) is 4.09. The fourth-order valence-electron chi connectivity index (χ4n) is 0.690. The van der Waals surface area contributed by atoms with Gasteiger partial charge >= 0.3 is 6.09 Å². The summed E-state index contributed by atoms with van der Waals surface area (Å²) in [6, 6.07) is -0.174. The largest absolute Gasteiger partial charge is 0.443 e. The van der Waals surface area contributed by atoms with Crippen molar-refractivity contribution in [2.45, 2.75) is 46.3 Å². The second kappa shape index (κ2) is 4.25. The van der Waals surface area contributed by atoms with Crippen LogP contribution in [0.15, 0.2) is 0 Å². The standard InChI is InChI=1S/C9H17NO3/c1-7(2)10(6-11)8(12)13-9(3,4)5/h6-7H,1-5H3. The molecule has 13 heavy (non-hydrogen) atoms. The second-order valence-electron chi connectivity index (χ2n) is 4.09. The number of hydrogen-bond acceptors (Lipinski definition) is 3. The predicted octanol–water partition coefficient (Wildman–Crippen LogP) is 1.79. The molecule has 0 aliphatic carbocycles. The van der Waals surface area contributed by atoms with Crippen LogP contribution in [0.1, 0.15) is 34.6 Å². The highest BCUT2D eigenvalue weighted by Crippen LogP contribution is 2.10. The van der Waals surface area contributed by atoms with Crippen molar-refractivity contribution in [3.63, 3.8) is 0 Å². The number of carbonyl (C=O) groups is 2. The maximum atomic E-state index is 11.3. The molecule has 4 heteroatoms. The van der Waals surface area contributed by atoms with Crippen LogP contribution in [0.3, 0.4) is 0 Å². The normalized spacial score (nSPS) is 11.2. The van der Waals surface area contributed by atoms with Gasteiger partial charge in [-0.05, 0) is 34.6 Å². The molecule has 0 atom stereocenters. The fraction of sp³-hybridized carbons (Fsp3) is 0.778.